The molecule has 10 heteroatoms. The number of fused-ring (bicyclic) bond motifs is 1. The van der Waals surface area contributed by atoms with Crippen molar-refractivity contribution >= 4 is 11.2 Å². The quantitative estimate of drug-likeness (QED) is 0.328. The van der Waals surface area contributed by atoms with Crippen LogP contribution in [0.2, 0.25) is 0 Å². The molecule has 0 bridgehead atoms. The van der Waals surface area contributed by atoms with Crippen molar-refractivity contribution in [2.75, 3.05) is 0 Å². The first-order chi connectivity index (χ1) is 18.5. The zero-order chi connectivity index (χ0) is 26.6. The highest BCUT2D eigenvalue weighted by Crippen LogP contribution is 2.31. The van der Waals surface area contributed by atoms with Crippen molar-refractivity contribution in [3.05, 3.63) is 81.1 Å². The molecule has 1 aliphatic rings. The maximum atomic E-state index is 13.0. The molecule has 2 atom stereocenters. The van der Waals surface area contributed by atoms with Crippen molar-refractivity contribution in [2.24, 2.45) is 5.92 Å². The molecule has 5 rings (SSSR count). The minimum atomic E-state index is -0.345. The number of aromatic amines is 1. The highest BCUT2D eigenvalue weighted by Gasteiger charge is 2.24. The maximum Gasteiger partial charge on any atom is 0.332 e. The van der Waals surface area contributed by atoms with Gasteiger partial charge in [0.15, 0.2) is 12.3 Å². The van der Waals surface area contributed by atoms with Crippen molar-refractivity contribution in [3.63, 3.8) is 0 Å². The van der Waals surface area contributed by atoms with E-state index in [0.29, 0.717) is 59.9 Å². The molecule has 38 heavy (non-hydrogen) atoms. The third-order valence-electron chi connectivity index (χ3n) is 6.74. The van der Waals surface area contributed by atoms with Crippen molar-refractivity contribution in [1.29, 1.82) is 0 Å². The molecule has 10 nitrogen and oxygen atoms in total. The number of imidazole rings is 1. The Balaban J connectivity index is 1.33. The van der Waals surface area contributed by atoms with Crippen LogP contribution in [0.3, 0.4) is 0 Å². The number of aryl methyl sites for hydroxylation is 1. The smallest absolute Gasteiger partial charge is 0.332 e. The van der Waals surface area contributed by atoms with E-state index in [1.165, 1.54) is 4.57 Å². The summed E-state index contributed by atoms with van der Waals surface area (Å²) in [5.74, 6) is 2.65. The molecule has 3 aromatic heterocycles. The van der Waals surface area contributed by atoms with E-state index in [4.69, 9.17) is 9.26 Å². The summed E-state index contributed by atoms with van der Waals surface area (Å²) in [6.45, 7) is 7.10. The third-order valence-corrected chi connectivity index (χ3v) is 6.74. The lowest BCUT2D eigenvalue weighted by Crippen LogP contribution is -2.40. The molecule has 4 aromatic rings. The second-order valence-corrected chi connectivity index (χ2v) is 9.40. The summed E-state index contributed by atoms with van der Waals surface area (Å²) in [6, 6.07) is 7.35. The number of allylic oxidation sites excluding steroid dienone is 4. The van der Waals surface area contributed by atoms with Gasteiger partial charge in [-0.15, -0.1) is 0 Å². The lowest BCUT2D eigenvalue weighted by molar-refractivity contribution is 0.283. The van der Waals surface area contributed by atoms with Crippen LogP contribution in [0.5, 0.6) is 5.75 Å². The zero-order valence-electron chi connectivity index (χ0n) is 21.9. The topological polar surface area (TPSA) is 121 Å². The molecule has 2 unspecified atom stereocenters. The van der Waals surface area contributed by atoms with Crippen LogP contribution >= 0.6 is 0 Å². The Kier molecular flexibility index (Phi) is 7.39. The average Bonchev–Trinajstić information content (AvgIpc) is 3.61. The summed E-state index contributed by atoms with van der Waals surface area (Å²) in [4.78, 5) is 38.2. The van der Waals surface area contributed by atoms with Gasteiger partial charge in [-0.2, -0.15) is 4.98 Å². The fourth-order valence-corrected chi connectivity index (χ4v) is 4.78. The first-order valence-corrected chi connectivity index (χ1v) is 13.2. The molecule has 0 spiro atoms. The van der Waals surface area contributed by atoms with Gasteiger partial charge in [-0.25, -0.2) is 9.78 Å². The minimum Gasteiger partial charge on any atom is -0.485 e. The molecule has 1 aliphatic carbocycles. The van der Waals surface area contributed by atoms with Crippen LogP contribution in [0.4, 0.5) is 0 Å². The number of H-pyrrole nitrogens is 1. The number of nitrogens with one attached hydrogen (secondary N) is 1. The maximum absolute atomic E-state index is 13.0. The molecule has 0 amide bonds. The van der Waals surface area contributed by atoms with Gasteiger partial charge in [0.1, 0.15) is 17.1 Å². The summed E-state index contributed by atoms with van der Waals surface area (Å²) in [5, 5.41) is 4.08. The normalized spacial score (nSPS) is 16.9. The Morgan fingerprint density at radius 1 is 0.974 bits per heavy atom. The highest BCUT2D eigenvalue weighted by molar-refractivity contribution is 5.75. The summed E-state index contributed by atoms with van der Waals surface area (Å²) >= 11 is 0. The number of aromatic nitrogens is 6. The van der Waals surface area contributed by atoms with Gasteiger partial charge in [-0.05, 0) is 49.4 Å². The molecule has 3 heterocycles. The minimum absolute atomic E-state index is 0.0779. The van der Waals surface area contributed by atoms with E-state index < -0.39 is 0 Å². The van der Waals surface area contributed by atoms with Gasteiger partial charge in [0.25, 0.3) is 5.56 Å². The highest BCUT2D eigenvalue weighted by atomic mass is 16.5. The fourth-order valence-electron chi connectivity index (χ4n) is 4.78. The van der Waals surface area contributed by atoms with E-state index in [1.54, 1.807) is 4.57 Å². The van der Waals surface area contributed by atoms with Crippen molar-refractivity contribution in [1.82, 2.24) is 29.2 Å². The standard InChI is InChI=1S/C28H32N6O4/c1-4-15-33-25-23(27(35)34(16-5-2)28(33)36)30-24(31-25)19-11-13-20(14-12-19)37-17-22-29-26(38-32-22)21-10-8-7-9-18(21)6-3/h7-14,18,21H,4-6,15-17H2,1-3H3,(H,30,31). The zero-order valence-corrected chi connectivity index (χ0v) is 21.9. The van der Waals surface area contributed by atoms with Crippen LogP contribution in [-0.4, -0.2) is 29.2 Å². The van der Waals surface area contributed by atoms with Gasteiger partial charge in [-0.3, -0.25) is 13.9 Å². The van der Waals surface area contributed by atoms with Crippen LogP contribution in [0.15, 0.2) is 62.7 Å². The second kappa shape index (κ2) is 11.0. The molecule has 0 fully saturated rings. The summed E-state index contributed by atoms with van der Waals surface area (Å²) in [6.07, 6.45) is 10.7. The first-order valence-electron chi connectivity index (χ1n) is 13.2. The van der Waals surface area contributed by atoms with Crippen LogP contribution in [0.25, 0.3) is 22.6 Å². The summed E-state index contributed by atoms with van der Waals surface area (Å²) in [7, 11) is 0. The van der Waals surface area contributed by atoms with Crippen LogP contribution < -0.4 is 16.0 Å². The van der Waals surface area contributed by atoms with Gasteiger partial charge in [0.2, 0.25) is 11.7 Å². The number of hydrogen-bond donors (Lipinski definition) is 1. The lowest BCUT2D eigenvalue weighted by atomic mass is 9.86. The fraction of sp³-hybridized carbons (Fsp3) is 0.393. The van der Waals surface area contributed by atoms with E-state index in [9.17, 15) is 9.59 Å². The van der Waals surface area contributed by atoms with Gasteiger partial charge in [0, 0.05) is 18.7 Å². The molecule has 0 radical (unpaired) electrons. The lowest BCUT2D eigenvalue weighted by Gasteiger charge is -2.18. The average molecular weight is 517 g/mol. The van der Waals surface area contributed by atoms with E-state index in [-0.39, 0.29) is 23.8 Å². The molecular formula is C28H32N6O4. The van der Waals surface area contributed by atoms with Crippen LogP contribution in [0.1, 0.15) is 57.7 Å². The number of ether oxygens (including phenoxy) is 1. The summed E-state index contributed by atoms with van der Waals surface area (Å²) < 4.78 is 14.2. The van der Waals surface area contributed by atoms with Crippen LogP contribution in [-0.2, 0) is 19.7 Å². The van der Waals surface area contributed by atoms with Crippen molar-refractivity contribution in [2.45, 2.75) is 65.6 Å². The Morgan fingerprint density at radius 3 is 2.45 bits per heavy atom. The number of nitrogens with zero attached hydrogens (tertiary/aromatic N) is 5. The predicted octanol–water partition coefficient (Wildman–Crippen LogP) is 4.57. The van der Waals surface area contributed by atoms with Gasteiger partial charge in [0.05, 0.1) is 5.92 Å². The van der Waals surface area contributed by atoms with Crippen LogP contribution in [0, 0.1) is 5.92 Å². The van der Waals surface area contributed by atoms with E-state index in [1.807, 2.05) is 50.3 Å². The number of benzene rings is 1. The number of rotatable bonds is 10. The van der Waals surface area contributed by atoms with E-state index in [0.717, 1.165) is 18.4 Å². The molecule has 0 aliphatic heterocycles. The number of hydrogen-bond acceptors (Lipinski definition) is 7. The molecular weight excluding hydrogens is 484 g/mol. The molecule has 1 aromatic carbocycles. The Morgan fingerprint density at radius 2 is 1.71 bits per heavy atom. The Bertz CT molecular complexity index is 1590. The second-order valence-electron chi connectivity index (χ2n) is 9.40. The molecule has 0 saturated heterocycles. The molecule has 1 N–H and O–H groups in total. The summed E-state index contributed by atoms with van der Waals surface area (Å²) in [5.41, 5.74) is 0.825. The first kappa shape index (κ1) is 25.4. The molecule has 198 valence electrons. The van der Waals surface area contributed by atoms with E-state index >= 15 is 0 Å². The van der Waals surface area contributed by atoms with Gasteiger partial charge in [-0.1, -0.05) is 50.2 Å². The third kappa shape index (κ3) is 4.85. The monoisotopic (exact) mass is 516 g/mol. The van der Waals surface area contributed by atoms with E-state index in [2.05, 4.69) is 39.2 Å². The van der Waals surface area contributed by atoms with Gasteiger partial charge >= 0.3 is 5.69 Å². The largest absolute Gasteiger partial charge is 0.485 e. The Hall–Kier alpha value is -4.21. The predicted molar refractivity (Wildman–Crippen MR) is 144 cm³/mol. The van der Waals surface area contributed by atoms with Gasteiger partial charge < -0.3 is 14.2 Å². The SMILES string of the molecule is CCCn1c(=O)c2[nH]c(-c3ccc(OCc4noc(C5C=CC=CC5CC)n4)cc3)nc2n(CCC)c1=O. The Labute approximate surface area is 219 Å². The van der Waals surface area contributed by atoms with Crippen molar-refractivity contribution < 1.29 is 9.26 Å². The van der Waals surface area contributed by atoms with Crippen molar-refractivity contribution in [3.8, 4) is 17.1 Å². The molecule has 0 saturated carbocycles.